The molecule has 0 atom stereocenters. The number of nitrogens with zero attached hydrogens (tertiary/aromatic N) is 3. The third-order valence-corrected chi connectivity index (χ3v) is 3.71. The molecule has 17 heavy (non-hydrogen) atoms. The molecule has 0 aliphatic rings. The van der Waals surface area contributed by atoms with E-state index in [0.29, 0.717) is 0 Å². The van der Waals surface area contributed by atoms with E-state index < -0.39 is 0 Å². The third-order valence-electron chi connectivity index (χ3n) is 2.72. The van der Waals surface area contributed by atoms with Crippen molar-refractivity contribution < 1.29 is 0 Å². The number of nitrogens with one attached hydrogen (secondary N) is 1. The Bertz CT molecular complexity index is 547. The van der Waals surface area contributed by atoms with Gasteiger partial charge in [0.2, 0.25) is 0 Å². The summed E-state index contributed by atoms with van der Waals surface area (Å²) in [6.45, 7) is 3.66. The van der Waals surface area contributed by atoms with Crippen molar-refractivity contribution in [2.75, 3.05) is 0 Å². The first-order chi connectivity index (χ1) is 8.20. The minimum Gasteiger partial charge on any atom is -0.308 e. The Labute approximate surface area is 105 Å². The maximum Gasteiger partial charge on any atom is 0.110 e. The van der Waals surface area contributed by atoms with Crippen molar-refractivity contribution >= 4 is 11.3 Å². The van der Waals surface area contributed by atoms with E-state index in [2.05, 4.69) is 23.4 Å². The second kappa shape index (κ2) is 5.13. The fraction of sp³-hybridized carbons (Fsp3) is 0.333. The molecule has 2 rings (SSSR count). The van der Waals surface area contributed by atoms with E-state index >= 15 is 0 Å². The van der Waals surface area contributed by atoms with Crippen molar-refractivity contribution in [2.45, 2.75) is 20.0 Å². The second-order valence-corrected chi connectivity index (χ2v) is 5.03. The van der Waals surface area contributed by atoms with E-state index in [-0.39, 0.29) is 0 Å². The van der Waals surface area contributed by atoms with Crippen molar-refractivity contribution in [3.63, 3.8) is 0 Å². The molecule has 2 heterocycles. The molecule has 0 fully saturated rings. The fourth-order valence-electron chi connectivity index (χ4n) is 1.57. The lowest BCUT2D eigenvalue weighted by molar-refractivity contribution is 0.691. The molecular formula is C12H14N4S. The SMILES string of the molecule is Cc1c(CNCc2ccc(C#N)s2)cnn1C. The second-order valence-electron chi connectivity index (χ2n) is 3.86. The average molecular weight is 246 g/mol. The zero-order valence-corrected chi connectivity index (χ0v) is 10.7. The Kier molecular flexibility index (Phi) is 3.57. The first-order valence-electron chi connectivity index (χ1n) is 5.37. The highest BCUT2D eigenvalue weighted by molar-refractivity contribution is 7.12. The van der Waals surface area contributed by atoms with Crippen molar-refractivity contribution in [2.24, 2.45) is 7.05 Å². The predicted octanol–water partition coefficient (Wildman–Crippen LogP) is 1.95. The number of aromatic nitrogens is 2. The van der Waals surface area contributed by atoms with Crippen LogP contribution in [0, 0.1) is 18.3 Å². The van der Waals surface area contributed by atoms with Gasteiger partial charge in [-0.05, 0) is 19.1 Å². The number of thiophene rings is 1. The molecule has 0 saturated carbocycles. The maximum absolute atomic E-state index is 8.72. The lowest BCUT2D eigenvalue weighted by atomic mass is 10.2. The highest BCUT2D eigenvalue weighted by atomic mass is 32.1. The van der Waals surface area contributed by atoms with E-state index in [0.717, 1.165) is 18.0 Å². The topological polar surface area (TPSA) is 53.6 Å². The van der Waals surface area contributed by atoms with Crippen LogP contribution in [0.25, 0.3) is 0 Å². The Morgan fingerprint density at radius 1 is 1.47 bits per heavy atom. The molecular weight excluding hydrogens is 232 g/mol. The number of aryl methyl sites for hydroxylation is 1. The Balaban J connectivity index is 1.88. The van der Waals surface area contributed by atoms with Crippen molar-refractivity contribution in [1.29, 1.82) is 5.26 Å². The van der Waals surface area contributed by atoms with Gasteiger partial charge in [0.05, 0.1) is 6.20 Å². The molecule has 2 aromatic rings. The van der Waals surface area contributed by atoms with Gasteiger partial charge in [-0.2, -0.15) is 10.4 Å². The number of nitriles is 1. The quantitative estimate of drug-likeness (QED) is 0.897. The first kappa shape index (κ1) is 11.8. The summed E-state index contributed by atoms with van der Waals surface area (Å²) >= 11 is 1.53. The lowest BCUT2D eigenvalue weighted by Crippen LogP contribution is -2.12. The number of hydrogen-bond acceptors (Lipinski definition) is 4. The highest BCUT2D eigenvalue weighted by Gasteiger charge is 2.03. The van der Waals surface area contributed by atoms with Gasteiger partial charge in [0.1, 0.15) is 10.9 Å². The molecule has 0 bridgehead atoms. The molecule has 0 saturated heterocycles. The van der Waals surface area contributed by atoms with Crippen LogP contribution in [0.4, 0.5) is 0 Å². The third kappa shape index (κ3) is 2.73. The van der Waals surface area contributed by atoms with Crippen LogP contribution in [0.15, 0.2) is 18.3 Å². The van der Waals surface area contributed by atoms with E-state index in [1.165, 1.54) is 27.5 Å². The summed E-state index contributed by atoms with van der Waals surface area (Å²) < 4.78 is 1.87. The molecule has 0 aliphatic heterocycles. The standard InChI is InChI=1S/C12H14N4S/c1-9-10(7-15-16(9)2)6-14-8-12-4-3-11(5-13)17-12/h3-4,7,14H,6,8H2,1-2H3. The smallest absolute Gasteiger partial charge is 0.110 e. The van der Waals surface area contributed by atoms with Crippen LogP contribution in [0.3, 0.4) is 0 Å². The van der Waals surface area contributed by atoms with Gasteiger partial charge >= 0.3 is 0 Å². The van der Waals surface area contributed by atoms with Crippen molar-refractivity contribution in [3.05, 3.63) is 39.3 Å². The van der Waals surface area contributed by atoms with E-state index in [9.17, 15) is 0 Å². The molecule has 0 radical (unpaired) electrons. The van der Waals surface area contributed by atoms with Gasteiger partial charge in [0, 0.05) is 36.3 Å². The van der Waals surface area contributed by atoms with Crippen LogP contribution in [-0.4, -0.2) is 9.78 Å². The van der Waals surface area contributed by atoms with Gasteiger partial charge < -0.3 is 5.32 Å². The molecule has 0 unspecified atom stereocenters. The number of rotatable bonds is 4. The molecule has 1 N–H and O–H groups in total. The minimum absolute atomic E-state index is 0.763. The van der Waals surface area contributed by atoms with E-state index in [4.69, 9.17) is 5.26 Å². The summed E-state index contributed by atoms with van der Waals surface area (Å²) in [5.74, 6) is 0. The highest BCUT2D eigenvalue weighted by Crippen LogP contribution is 2.15. The lowest BCUT2D eigenvalue weighted by Gasteiger charge is -2.02. The largest absolute Gasteiger partial charge is 0.308 e. The maximum atomic E-state index is 8.72. The summed E-state index contributed by atoms with van der Waals surface area (Å²) in [7, 11) is 1.94. The zero-order chi connectivity index (χ0) is 12.3. The molecule has 0 aromatic carbocycles. The van der Waals surface area contributed by atoms with Crippen LogP contribution in [-0.2, 0) is 20.1 Å². The molecule has 0 aliphatic carbocycles. The minimum atomic E-state index is 0.763. The van der Waals surface area contributed by atoms with E-state index in [1.54, 1.807) is 0 Å². The van der Waals surface area contributed by atoms with Crippen LogP contribution >= 0.6 is 11.3 Å². The van der Waals surface area contributed by atoms with Crippen LogP contribution in [0.2, 0.25) is 0 Å². The summed E-state index contributed by atoms with van der Waals surface area (Å²) in [5, 5.41) is 16.3. The summed E-state index contributed by atoms with van der Waals surface area (Å²) in [6.07, 6.45) is 1.89. The van der Waals surface area contributed by atoms with Crippen LogP contribution < -0.4 is 5.32 Å². The van der Waals surface area contributed by atoms with Crippen LogP contribution in [0.1, 0.15) is 21.0 Å². The predicted molar refractivity (Wildman–Crippen MR) is 67.5 cm³/mol. The molecule has 0 amide bonds. The van der Waals surface area contributed by atoms with Gasteiger partial charge in [-0.3, -0.25) is 4.68 Å². The van der Waals surface area contributed by atoms with Crippen LogP contribution in [0.5, 0.6) is 0 Å². The zero-order valence-electron chi connectivity index (χ0n) is 9.90. The molecule has 2 aromatic heterocycles. The average Bonchev–Trinajstić information content (AvgIpc) is 2.90. The van der Waals surface area contributed by atoms with Gasteiger partial charge in [-0.25, -0.2) is 0 Å². The summed E-state index contributed by atoms with van der Waals surface area (Å²) in [5.41, 5.74) is 2.39. The molecule has 88 valence electrons. The van der Waals surface area contributed by atoms with Crippen molar-refractivity contribution in [1.82, 2.24) is 15.1 Å². The molecule has 5 heteroatoms. The Morgan fingerprint density at radius 3 is 2.88 bits per heavy atom. The molecule has 4 nitrogen and oxygen atoms in total. The van der Waals surface area contributed by atoms with Crippen molar-refractivity contribution in [3.8, 4) is 6.07 Å². The number of hydrogen-bond donors (Lipinski definition) is 1. The summed E-state index contributed by atoms with van der Waals surface area (Å²) in [6, 6.07) is 6.00. The van der Waals surface area contributed by atoms with Gasteiger partial charge in [-0.15, -0.1) is 11.3 Å². The monoisotopic (exact) mass is 246 g/mol. The molecule has 0 spiro atoms. The normalized spacial score (nSPS) is 10.4. The summed E-state index contributed by atoms with van der Waals surface area (Å²) in [4.78, 5) is 1.95. The fourth-order valence-corrected chi connectivity index (χ4v) is 2.35. The van der Waals surface area contributed by atoms with Gasteiger partial charge in [0.25, 0.3) is 0 Å². The van der Waals surface area contributed by atoms with Gasteiger partial charge in [-0.1, -0.05) is 0 Å². The van der Waals surface area contributed by atoms with E-state index in [1.807, 2.05) is 30.1 Å². The first-order valence-corrected chi connectivity index (χ1v) is 6.19. The van der Waals surface area contributed by atoms with Gasteiger partial charge in [0.15, 0.2) is 0 Å². The Morgan fingerprint density at radius 2 is 2.29 bits per heavy atom. The Hall–Kier alpha value is -1.64.